The van der Waals surface area contributed by atoms with Crippen LogP contribution in [-0.4, -0.2) is 46.1 Å². The number of nitrogens with zero attached hydrogens (tertiary/aromatic N) is 1. The highest BCUT2D eigenvalue weighted by Crippen LogP contribution is 2.18. The number of ketones is 1. The quantitative estimate of drug-likeness (QED) is 0.105. The van der Waals surface area contributed by atoms with Crippen LogP contribution >= 0.6 is 0 Å². The number of carbonyl (C=O) groups excluding carboxylic acids is 2. The smallest absolute Gasteiger partial charge is 0.310 e. The second-order valence-corrected chi connectivity index (χ2v) is 9.56. The highest BCUT2D eigenvalue weighted by molar-refractivity contribution is 5.91. The Morgan fingerprint density at radius 1 is 0.800 bits per heavy atom. The molecule has 6 heteroatoms. The summed E-state index contributed by atoms with van der Waals surface area (Å²) in [4.78, 5) is 23.0. The third-order valence-corrected chi connectivity index (χ3v) is 5.52. The van der Waals surface area contributed by atoms with Crippen molar-refractivity contribution in [2.75, 3.05) is 34.4 Å². The fourth-order valence-corrected chi connectivity index (χ4v) is 3.45. The summed E-state index contributed by atoms with van der Waals surface area (Å²) in [6.07, 6.45) is 10.1. The summed E-state index contributed by atoms with van der Waals surface area (Å²) in [6, 6.07) is 15.9. The monoisotopic (exact) mass is 593 g/mol. The maximum absolute atomic E-state index is 12.0. The van der Waals surface area contributed by atoms with Crippen LogP contribution in [0.4, 0.5) is 5.69 Å². The van der Waals surface area contributed by atoms with Gasteiger partial charge in [0.25, 0.3) is 0 Å². The number of halogens is 1. The molecule has 0 radical (unpaired) electrons. The molecule has 2 aromatic carbocycles. The summed E-state index contributed by atoms with van der Waals surface area (Å²) < 4.78 is 11.9. The Morgan fingerprint density at radius 3 is 1.94 bits per heavy atom. The second-order valence-electron chi connectivity index (χ2n) is 9.56. The van der Waals surface area contributed by atoms with Crippen LogP contribution in [0.25, 0.3) is 6.08 Å². The number of carbonyl (C=O) groups is 2. The fraction of sp³-hybridized carbons (Fsp3) is 0.448. The summed E-state index contributed by atoms with van der Waals surface area (Å²) in [5.41, 5.74) is 3.19. The molecule has 5 nitrogen and oxygen atoms in total. The molecule has 0 aliphatic rings. The molecule has 0 saturated carbocycles. The van der Waals surface area contributed by atoms with Crippen molar-refractivity contribution in [3.05, 3.63) is 65.7 Å². The van der Waals surface area contributed by atoms with Gasteiger partial charge in [-0.2, -0.15) is 0 Å². The van der Waals surface area contributed by atoms with E-state index in [4.69, 9.17) is 9.47 Å². The van der Waals surface area contributed by atoms with Gasteiger partial charge >= 0.3 is 5.97 Å². The Bertz CT molecular complexity index is 915. The molecule has 0 N–H and O–H groups in total. The maximum atomic E-state index is 12.0. The zero-order valence-electron chi connectivity index (χ0n) is 21.6. The highest BCUT2D eigenvalue weighted by atomic mass is 127. The zero-order chi connectivity index (χ0) is 24.8. The van der Waals surface area contributed by atoms with E-state index in [-0.39, 0.29) is 35.7 Å². The number of ether oxygens (including phenoxy) is 2. The van der Waals surface area contributed by atoms with Gasteiger partial charge in [0, 0.05) is 0 Å². The Kier molecular flexibility index (Phi) is 14.5. The summed E-state index contributed by atoms with van der Waals surface area (Å²) in [6.45, 7) is 2.74. The molecule has 0 spiro atoms. The Balaban J connectivity index is 0.00000612. The number of esters is 1. The largest absolute Gasteiger partial charge is 1.00 e. The van der Waals surface area contributed by atoms with Crippen LogP contribution in [0.5, 0.6) is 5.75 Å². The van der Waals surface area contributed by atoms with Gasteiger partial charge in [-0.25, -0.2) is 0 Å². The first-order chi connectivity index (χ1) is 16.2. The Morgan fingerprint density at radius 2 is 1.37 bits per heavy atom. The van der Waals surface area contributed by atoms with Gasteiger partial charge in [0.15, 0.2) is 5.78 Å². The van der Waals surface area contributed by atoms with Crippen molar-refractivity contribution < 1.29 is 43.0 Å². The van der Waals surface area contributed by atoms with Crippen LogP contribution in [0.1, 0.15) is 56.6 Å². The molecule has 192 valence electrons. The van der Waals surface area contributed by atoms with Gasteiger partial charge in [0.2, 0.25) is 0 Å². The lowest BCUT2D eigenvalue weighted by Crippen LogP contribution is -3.00. The minimum Gasteiger partial charge on any atom is -1.00 e. The van der Waals surface area contributed by atoms with Crippen molar-refractivity contribution >= 4 is 23.5 Å². The van der Waals surface area contributed by atoms with Crippen LogP contribution in [0, 0.1) is 0 Å². The summed E-state index contributed by atoms with van der Waals surface area (Å²) in [5, 5.41) is 0. The first-order valence-electron chi connectivity index (χ1n) is 12.2. The third kappa shape index (κ3) is 13.5. The van der Waals surface area contributed by atoms with E-state index in [2.05, 4.69) is 33.3 Å². The van der Waals surface area contributed by atoms with Gasteiger partial charge < -0.3 is 33.5 Å². The molecular formula is C29H40INO4. The van der Waals surface area contributed by atoms with Crippen LogP contribution in [0.15, 0.2) is 54.6 Å². The predicted octanol–water partition coefficient (Wildman–Crippen LogP) is 2.99. The van der Waals surface area contributed by atoms with E-state index in [1.54, 1.807) is 12.2 Å². The van der Waals surface area contributed by atoms with Gasteiger partial charge in [-0.1, -0.05) is 56.0 Å². The van der Waals surface area contributed by atoms with E-state index < -0.39 is 0 Å². The Hall–Kier alpha value is -2.19. The van der Waals surface area contributed by atoms with E-state index in [1.807, 2.05) is 36.4 Å². The molecule has 0 aliphatic carbocycles. The molecule has 0 saturated heterocycles. The maximum Gasteiger partial charge on any atom is 0.310 e. The lowest BCUT2D eigenvalue weighted by atomic mass is 10.1. The van der Waals surface area contributed by atoms with E-state index in [1.165, 1.54) is 12.6 Å². The molecule has 0 atom stereocenters. The average molecular weight is 594 g/mol. The van der Waals surface area contributed by atoms with E-state index in [0.717, 1.165) is 59.9 Å². The van der Waals surface area contributed by atoms with Gasteiger partial charge in [-0.05, 0) is 61.2 Å². The molecule has 0 unspecified atom stereocenters. The van der Waals surface area contributed by atoms with Crippen LogP contribution in [-0.2, 0) is 20.7 Å². The van der Waals surface area contributed by atoms with Crippen molar-refractivity contribution in [3.63, 3.8) is 0 Å². The molecule has 2 rings (SSSR count). The molecule has 0 aliphatic heterocycles. The number of hydrogen-bond acceptors (Lipinski definition) is 4. The summed E-state index contributed by atoms with van der Waals surface area (Å²) in [5.74, 6) is 0.739. The number of quaternary nitrogens is 1. The standard InChI is InChI=1S/C29H40NO4.HI/c1-24(31)11-12-25-15-19-28(20-16-25)33-21-9-7-5-6-8-10-22-34-29(32)23-26-13-17-27(18-14-26)30(2,3)4;/h11-20H,5-10,21-23H2,1-4H3;1H/q+1;/p-1/b12-11+;. The zero-order valence-corrected chi connectivity index (χ0v) is 23.8. The normalized spacial score (nSPS) is 11.2. The second kappa shape index (κ2) is 16.5. The molecule has 0 heterocycles. The number of allylic oxidation sites excluding steroid dienone is 1. The molecule has 0 bridgehead atoms. The van der Waals surface area contributed by atoms with Crippen LogP contribution in [0.3, 0.4) is 0 Å². The van der Waals surface area contributed by atoms with E-state index in [0.29, 0.717) is 19.6 Å². The van der Waals surface area contributed by atoms with E-state index in [9.17, 15) is 9.59 Å². The summed E-state index contributed by atoms with van der Waals surface area (Å²) in [7, 11) is 6.36. The molecule has 0 fully saturated rings. The number of hydrogen-bond donors (Lipinski definition) is 0. The first kappa shape index (κ1) is 30.8. The van der Waals surface area contributed by atoms with Crippen LogP contribution < -0.4 is 33.2 Å². The third-order valence-electron chi connectivity index (χ3n) is 5.52. The van der Waals surface area contributed by atoms with Crippen molar-refractivity contribution in [2.24, 2.45) is 0 Å². The predicted molar refractivity (Wildman–Crippen MR) is 140 cm³/mol. The molecule has 0 aromatic heterocycles. The van der Waals surface area contributed by atoms with Gasteiger partial charge in [0.05, 0.1) is 40.8 Å². The number of unbranched alkanes of at least 4 members (excludes halogenated alkanes) is 5. The van der Waals surface area contributed by atoms with Gasteiger partial charge in [-0.15, -0.1) is 0 Å². The van der Waals surface area contributed by atoms with Crippen molar-refractivity contribution in [1.82, 2.24) is 4.48 Å². The van der Waals surface area contributed by atoms with Crippen molar-refractivity contribution in [2.45, 2.75) is 51.9 Å². The summed E-state index contributed by atoms with van der Waals surface area (Å²) >= 11 is 0. The van der Waals surface area contributed by atoms with Gasteiger partial charge in [0.1, 0.15) is 11.4 Å². The fourth-order valence-electron chi connectivity index (χ4n) is 3.45. The average Bonchev–Trinajstić information content (AvgIpc) is 2.79. The van der Waals surface area contributed by atoms with Crippen LogP contribution in [0.2, 0.25) is 0 Å². The minimum atomic E-state index is -0.155. The number of rotatable bonds is 15. The Labute approximate surface area is 228 Å². The molecule has 35 heavy (non-hydrogen) atoms. The minimum absolute atomic E-state index is 0. The SMILES string of the molecule is CC(=O)/C=C/c1ccc(OCCCCCCCCOC(=O)Cc2ccc([N+](C)(C)C)cc2)cc1.[I-]. The lowest BCUT2D eigenvalue weighted by molar-refractivity contribution is -0.143. The molecular weight excluding hydrogens is 553 g/mol. The molecule has 2 aromatic rings. The molecule has 0 amide bonds. The highest BCUT2D eigenvalue weighted by Gasteiger charge is 2.12. The van der Waals surface area contributed by atoms with Crippen molar-refractivity contribution in [3.8, 4) is 5.75 Å². The lowest BCUT2D eigenvalue weighted by Gasteiger charge is -2.23. The first-order valence-corrected chi connectivity index (χ1v) is 12.2. The van der Waals surface area contributed by atoms with Crippen molar-refractivity contribution in [1.29, 1.82) is 0 Å². The number of benzene rings is 2. The topological polar surface area (TPSA) is 52.6 Å². The van der Waals surface area contributed by atoms with Gasteiger partial charge in [-0.3, -0.25) is 14.1 Å². The van der Waals surface area contributed by atoms with E-state index >= 15 is 0 Å².